The third-order valence-electron chi connectivity index (χ3n) is 2.61. The van der Waals surface area contributed by atoms with Gasteiger partial charge in [0.2, 0.25) is 0 Å². The maximum absolute atomic E-state index is 4.57. The predicted octanol–water partition coefficient (Wildman–Crippen LogP) is 3.99. The topological polar surface area (TPSA) is 12.9 Å². The average Bonchev–Trinajstić information content (AvgIpc) is 2.59. The van der Waals surface area contributed by atoms with E-state index < -0.39 is 0 Å². The Hall–Kier alpha value is -1.15. The van der Waals surface area contributed by atoms with E-state index in [1.807, 2.05) is 0 Å². The average molecular weight is 217 g/mol. The summed E-state index contributed by atoms with van der Waals surface area (Å²) < 4.78 is 0. The van der Waals surface area contributed by atoms with Gasteiger partial charge in [-0.05, 0) is 31.9 Å². The number of aryl methyl sites for hydroxylation is 3. The van der Waals surface area contributed by atoms with Gasteiger partial charge in [-0.25, -0.2) is 4.98 Å². The molecule has 0 aliphatic carbocycles. The van der Waals surface area contributed by atoms with Crippen LogP contribution in [0.25, 0.3) is 10.6 Å². The molecule has 2 heteroatoms. The van der Waals surface area contributed by atoms with Gasteiger partial charge in [-0.3, -0.25) is 0 Å². The van der Waals surface area contributed by atoms with Crippen molar-refractivity contribution in [3.05, 3.63) is 40.4 Å². The van der Waals surface area contributed by atoms with Gasteiger partial charge in [0.15, 0.2) is 0 Å². The molecular formula is C13H15NS. The molecular weight excluding hydrogens is 202 g/mol. The summed E-state index contributed by atoms with van der Waals surface area (Å²) in [6.45, 7) is 6.37. The van der Waals surface area contributed by atoms with E-state index in [-0.39, 0.29) is 0 Å². The van der Waals surface area contributed by atoms with Gasteiger partial charge >= 0.3 is 0 Å². The molecule has 1 aromatic carbocycles. The van der Waals surface area contributed by atoms with E-state index in [1.165, 1.54) is 16.0 Å². The third kappa shape index (κ3) is 2.10. The van der Waals surface area contributed by atoms with Gasteiger partial charge in [-0.1, -0.05) is 25.1 Å². The van der Waals surface area contributed by atoms with Crippen molar-refractivity contribution in [2.45, 2.75) is 27.2 Å². The Kier molecular flexibility index (Phi) is 2.87. The van der Waals surface area contributed by atoms with Crippen molar-refractivity contribution < 1.29 is 0 Å². The van der Waals surface area contributed by atoms with Gasteiger partial charge < -0.3 is 0 Å². The molecule has 0 saturated heterocycles. The molecule has 1 heterocycles. The Morgan fingerprint density at radius 2 is 2.07 bits per heavy atom. The minimum absolute atomic E-state index is 1.08. The second-order valence-corrected chi connectivity index (χ2v) is 4.92. The van der Waals surface area contributed by atoms with Crippen LogP contribution in [0.15, 0.2) is 24.3 Å². The summed E-state index contributed by atoms with van der Waals surface area (Å²) in [4.78, 5) is 5.89. The Labute approximate surface area is 94.8 Å². The molecule has 0 aliphatic heterocycles. The zero-order valence-corrected chi connectivity index (χ0v) is 10.2. The molecule has 1 nitrogen and oxygen atoms in total. The van der Waals surface area contributed by atoms with E-state index in [0.29, 0.717) is 0 Å². The van der Waals surface area contributed by atoms with Gasteiger partial charge in [0, 0.05) is 10.4 Å². The van der Waals surface area contributed by atoms with Gasteiger partial charge in [0.05, 0.1) is 5.69 Å². The first kappa shape index (κ1) is 10.4. The number of rotatable bonds is 2. The fourth-order valence-electron chi connectivity index (χ4n) is 1.52. The Balaban J connectivity index is 2.44. The van der Waals surface area contributed by atoms with Crippen LogP contribution in [0.4, 0.5) is 0 Å². The highest BCUT2D eigenvalue weighted by atomic mass is 32.1. The van der Waals surface area contributed by atoms with Crippen LogP contribution >= 0.6 is 11.3 Å². The van der Waals surface area contributed by atoms with Crippen LogP contribution < -0.4 is 0 Å². The van der Waals surface area contributed by atoms with Gasteiger partial charge in [0.25, 0.3) is 0 Å². The number of hydrogen-bond donors (Lipinski definition) is 0. The molecule has 1 aromatic heterocycles. The first-order chi connectivity index (χ1) is 7.20. The minimum atomic E-state index is 1.08. The zero-order chi connectivity index (χ0) is 10.8. The van der Waals surface area contributed by atoms with Crippen molar-refractivity contribution in [2.75, 3.05) is 0 Å². The Morgan fingerprint density at radius 1 is 1.27 bits per heavy atom. The minimum Gasteiger partial charge on any atom is -0.241 e. The molecule has 0 unspecified atom stereocenters. The molecule has 0 spiro atoms. The molecule has 0 fully saturated rings. The number of benzene rings is 1. The van der Waals surface area contributed by atoms with Crippen LogP contribution in [0.5, 0.6) is 0 Å². The molecule has 2 aromatic rings. The molecule has 2 rings (SSSR count). The molecule has 15 heavy (non-hydrogen) atoms. The highest BCUT2D eigenvalue weighted by molar-refractivity contribution is 7.15. The van der Waals surface area contributed by atoms with Crippen molar-refractivity contribution in [3.8, 4) is 10.6 Å². The summed E-state index contributed by atoms with van der Waals surface area (Å²) in [6.07, 6.45) is 1.08. The molecule has 0 aliphatic rings. The van der Waals surface area contributed by atoms with E-state index in [9.17, 15) is 0 Å². The van der Waals surface area contributed by atoms with E-state index in [1.54, 1.807) is 11.3 Å². The summed E-state index contributed by atoms with van der Waals surface area (Å²) in [7, 11) is 0. The highest BCUT2D eigenvalue weighted by Gasteiger charge is 2.05. The summed E-state index contributed by atoms with van der Waals surface area (Å²) in [6, 6.07) is 8.64. The maximum atomic E-state index is 4.57. The Morgan fingerprint density at radius 3 is 2.67 bits per heavy atom. The molecule has 78 valence electrons. The number of aromatic nitrogens is 1. The van der Waals surface area contributed by atoms with Crippen LogP contribution in [-0.2, 0) is 6.42 Å². The lowest BCUT2D eigenvalue weighted by Crippen LogP contribution is -1.82. The first-order valence-corrected chi connectivity index (χ1v) is 6.05. The summed E-state index contributed by atoms with van der Waals surface area (Å²) in [5.41, 5.74) is 3.77. The van der Waals surface area contributed by atoms with Crippen molar-refractivity contribution >= 4 is 11.3 Å². The molecule has 0 atom stereocenters. The lowest BCUT2D eigenvalue weighted by atomic mass is 10.1. The second kappa shape index (κ2) is 4.15. The normalized spacial score (nSPS) is 10.6. The largest absolute Gasteiger partial charge is 0.241 e. The van der Waals surface area contributed by atoms with E-state index in [2.05, 4.69) is 50.0 Å². The molecule has 0 radical (unpaired) electrons. The van der Waals surface area contributed by atoms with Gasteiger partial charge in [-0.2, -0.15) is 0 Å². The smallest absolute Gasteiger partial charge is 0.123 e. The van der Waals surface area contributed by atoms with E-state index >= 15 is 0 Å². The van der Waals surface area contributed by atoms with Crippen LogP contribution in [-0.4, -0.2) is 4.98 Å². The highest BCUT2D eigenvalue weighted by Crippen LogP contribution is 2.27. The fourth-order valence-corrected chi connectivity index (χ4v) is 2.43. The summed E-state index contributed by atoms with van der Waals surface area (Å²) in [5, 5.41) is 1.14. The van der Waals surface area contributed by atoms with Crippen molar-refractivity contribution in [2.24, 2.45) is 0 Å². The lowest BCUT2D eigenvalue weighted by Gasteiger charge is -1.99. The summed E-state index contributed by atoms with van der Waals surface area (Å²) >= 11 is 1.78. The fraction of sp³-hybridized carbons (Fsp3) is 0.308. The number of thiazole rings is 1. The van der Waals surface area contributed by atoms with Gasteiger partial charge in [0.1, 0.15) is 5.01 Å². The standard InChI is InChI=1S/C13H15NS/c1-4-11-6-5-7-12(8-11)13-14-9(2)10(3)15-13/h5-8H,4H2,1-3H3. The molecule has 0 saturated carbocycles. The molecule has 0 N–H and O–H groups in total. The van der Waals surface area contributed by atoms with E-state index in [0.717, 1.165) is 17.1 Å². The first-order valence-electron chi connectivity index (χ1n) is 5.24. The predicted molar refractivity (Wildman–Crippen MR) is 66.4 cm³/mol. The third-order valence-corrected chi connectivity index (χ3v) is 3.73. The van der Waals surface area contributed by atoms with Crippen LogP contribution in [0.3, 0.4) is 0 Å². The molecule has 0 amide bonds. The van der Waals surface area contributed by atoms with Crippen LogP contribution in [0.2, 0.25) is 0 Å². The van der Waals surface area contributed by atoms with Crippen molar-refractivity contribution in [3.63, 3.8) is 0 Å². The second-order valence-electron chi connectivity index (χ2n) is 3.71. The van der Waals surface area contributed by atoms with E-state index in [4.69, 9.17) is 0 Å². The Bertz CT molecular complexity index is 452. The maximum Gasteiger partial charge on any atom is 0.123 e. The lowest BCUT2D eigenvalue weighted by molar-refractivity contribution is 1.14. The zero-order valence-electron chi connectivity index (χ0n) is 9.37. The monoisotopic (exact) mass is 217 g/mol. The van der Waals surface area contributed by atoms with Gasteiger partial charge in [-0.15, -0.1) is 11.3 Å². The van der Waals surface area contributed by atoms with Crippen LogP contribution in [0.1, 0.15) is 23.1 Å². The SMILES string of the molecule is CCc1cccc(-c2nc(C)c(C)s2)c1. The van der Waals surface area contributed by atoms with Crippen molar-refractivity contribution in [1.29, 1.82) is 0 Å². The number of hydrogen-bond acceptors (Lipinski definition) is 2. The summed E-state index contributed by atoms with van der Waals surface area (Å²) in [5.74, 6) is 0. The van der Waals surface area contributed by atoms with Crippen LogP contribution in [0, 0.1) is 13.8 Å². The quantitative estimate of drug-likeness (QED) is 0.741. The molecule has 0 bridgehead atoms. The van der Waals surface area contributed by atoms with Crippen molar-refractivity contribution in [1.82, 2.24) is 4.98 Å². The number of nitrogens with zero attached hydrogens (tertiary/aromatic N) is 1.